The van der Waals surface area contributed by atoms with Crippen LogP contribution in [0.5, 0.6) is 11.5 Å². The largest absolute Gasteiger partial charge is 0.457 e. The Kier molecular flexibility index (Phi) is 6.00. The van der Waals surface area contributed by atoms with Crippen LogP contribution >= 0.6 is 27.3 Å². The van der Waals surface area contributed by atoms with Crippen molar-refractivity contribution in [3.8, 4) is 22.8 Å². The molecule has 0 atom stereocenters. The van der Waals surface area contributed by atoms with Crippen molar-refractivity contribution in [1.82, 2.24) is 4.98 Å². The molecule has 168 valence electrons. The molecule has 0 spiro atoms. The van der Waals surface area contributed by atoms with E-state index in [1.165, 1.54) is 17.4 Å². The van der Waals surface area contributed by atoms with Crippen LogP contribution in [0.2, 0.25) is 0 Å². The second-order valence-corrected chi connectivity index (χ2v) is 9.57. The molecule has 0 radical (unpaired) electrons. The predicted octanol–water partition coefficient (Wildman–Crippen LogP) is 7.03. The highest BCUT2D eigenvalue weighted by molar-refractivity contribution is 9.10. The van der Waals surface area contributed by atoms with Gasteiger partial charge >= 0.3 is 5.63 Å². The van der Waals surface area contributed by atoms with E-state index in [9.17, 15) is 9.59 Å². The van der Waals surface area contributed by atoms with Gasteiger partial charge in [-0.25, -0.2) is 9.78 Å². The quantitative estimate of drug-likeness (QED) is 0.245. The smallest absolute Gasteiger partial charge is 0.349 e. The lowest BCUT2D eigenvalue weighted by Crippen LogP contribution is -2.20. The number of amides is 1. The van der Waals surface area contributed by atoms with Crippen molar-refractivity contribution in [2.24, 2.45) is 0 Å². The van der Waals surface area contributed by atoms with Crippen LogP contribution in [-0.4, -0.2) is 10.9 Å². The van der Waals surface area contributed by atoms with Crippen LogP contribution in [0.3, 0.4) is 0 Å². The van der Waals surface area contributed by atoms with Gasteiger partial charge in [0.15, 0.2) is 5.13 Å². The Morgan fingerprint density at radius 2 is 1.74 bits per heavy atom. The van der Waals surface area contributed by atoms with Crippen LogP contribution < -0.4 is 15.7 Å². The van der Waals surface area contributed by atoms with Crippen molar-refractivity contribution in [3.63, 3.8) is 0 Å². The van der Waals surface area contributed by atoms with Crippen LogP contribution in [0.4, 0.5) is 5.13 Å². The molecule has 34 heavy (non-hydrogen) atoms. The van der Waals surface area contributed by atoms with Crippen molar-refractivity contribution >= 4 is 49.3 Å². The molecule has 6 nitrogen and oxygen atoms in total. The molecule has 0 aliphatic carbocycles. The molecule has 0 aliphatic rings. The summed E-state index contributed by atoms with van der Waals surface area (Å²) in [5.41, 5.74) is 1.28. The van der Waals surface area contributed by atoms with E-state index in [-0.39, 0.29) is 5.56 Å². The van der Waals surface area contributed by atoms with Gasteiger partial charge in [0.25, 0.3) is 5.91 Å². The van der Waals surface area contributed by atoms with Gasteiger partial charge in [-0.1, -0.05) is 34.1 Å². The summed E-state index contributed by atoms with van der Waals surface area (Å²) in [6, 6.07) is 23.9. The zero-order valence-electron chi connectivity index (χ0n) is 17.9. The summed E-state index contributed by atoms with van der Waals surface area (Å²) >= 11 is 4.72. The number of thiazole rings is 1. The number of anilines is 1. The summed E-state index contributed by atoms with van der Waals surface area (Å²) in [4.78, 5) is 30.6. The molecule has 5 aromatic rings. The number of carbonyl (C=O) groups excluding carboxylic acids is 1. The van der Waals surface area contributed by atoms with Crippen LogP contribution in [0.1, 0.15) is 15.2 Å². The topological polar surface area (TPSA) is 81.4 Å². The monoisotopic (exact) mass is 532 g/mol. The first-order valence-corrected chi connectivity index (χ1v) is 11.9. The molecule has 1 amide bonds. The van der Waals surface area contributed by atoms with Crippen LogP contribution in [0, 0.1) is 6.92 Å². The molecule has 0 unspecified atom stereocenters. The lowest BCUT2D eigenvalue weighted by molar-refractivity contribution is 0.102. The normalized spacial score (nSPS) is 10.9. The molecule has 0 fully saturated rings. The number of nitrogens with zero attached hydrogens (tertiary/aromatic N) is 1. The number of ether oxygens (including phenoxy) is 1. The van der Waals surface area contributed by atoms with Crippen molar-refractivity contribution in [1.29, 1.82) is 0 Å². The third-order valence-electron chi connectivity index (χ3n) is 5.06. The SMILES string of the molecule is Cc1sc(NC(=O)c2cc3cc(Br)ccc3oc2=O)nc1-c1ccc(Oc2ccccc2)cc1. The minimum absolute atomic E-state index is 0.0811. The van der Waals surface area contributed by atoms with Gasteiger partial charge in [-0.15, -0.1) is 11.3 Å². The maximum absolute atomic E-state index is 12.8. The summed E-state index contributed by atoms with van der Waals surface area (Å²) in [6.45, 7) is 1.93. The number of hydrogen-bond acceptors (Lipinski definition) is 6. The molecule has 0 bridgehead atoms. The van der Waals surface area contributed by atoms with E-state index in [0.717, 1.165) is 26.4 Å². The standard InChI is InChI=1S/C26H17BrN2O4S/c1-15-23(16-7-10-20(11-8-16)32-19-5-3-2-4-6-19)28-26(34-15)29-24(30)21-14-17-13-18(27)9-12-22(17)33-25(21)31/h2-14H,1H3,(H,28,29,30). The summed E-state index contributed by atoms with van der Waals surface area (Å²) in [6.07, 6.45) is 0. The number of fused-ring (bicyclic) bond motifs is 1. The molecule has 0 aliphatic heterocycles. The summed E-state index contributed by atoms with van der Waals surface area (Å²) in [5, 5.41) is 3.77. The maximum Gasteiger partial charge on any atom is 0.349 e. The Bertz CT molecular complexity index is 1560. The Morgan fingerprint density at radius 3 is 2.50 bits per heavy atom. The van der Waals surface area contributed by atoms with Crippen molar-refractivity contribution in [2.75, 3.05) is 5.32 Å². The first-order valence-electron chi connectivity index (χ1n) is 10.3. The number of aromatic nitrogens is 1. The Labute approximate surface area is 207 Å². The van der Waals surface area contributed by atoms with Crippen molar-refractivity contribution in [3.05, 3.63) is 104 Å². The zero-order valence-corrected chi connectivity index (χ0v) is 20.3. The molecule has 3 aromatic carbocycles. The molecule has 5 rings (SSSR count). The van der Waals surface area contributed by atoms with Gasteiger partial charge in [-0.2, -0.15) is 0 Å². The number of para-hydroxylation sites is 1. The molecular weight excluding hydrogens is 516 g/mol. The van der Waals surface area contributed by atoms with E-state index in [2.05, 4.69) is 26.2 Å². The molecule has 0 saturated carbocycles. The van der Waals surface area contributed by atoms with Crippen LogP contribution in [-0.2, 0) is 0 Å². The highest BCUT2D eigenvalue weighted by Crippen LogP contribution is 2.32. The Morgan fingerprint density at radius 1 is 1.00 bits per heavy atom. The molecule has 0 saturated heterocycles. The third-order valence-corrected chi connectivity index (χ3v) is 6.44. The van der Waals surface area contributed by atoms with Crippen molar-refractivity contribution < 1.29 is 13.9 Å². The summed E-state index contributed by atoms with van der Waals surface area (Å²) in [7, 11) is 0. The Hall–Kier alpha value is -3.75. The molecule has 8 heteroatoms. The molecule has 2 heterocycles. The van der Waals surface area contributed by atoms with E-state index < -0.39 is 11.5 Å². The van der Waals surface area contributed by atoms with Gasteiger partial charge in [0.2, 0.25) is 0 Å². The van der Waals surface area contributed by atoms with Crippen LogP contribution in [0.25, 0.3) is 22.2 Å². The number of halogens is 1. The van der Waals surface area contributed by atoms with E-state index in [0.29, 0.717) is 21.9 Å². The van der Waals surface area contributed by atoms with E-state index in [1.807, 2.05) is 61.5 Å². The fourth-order valence-electron chi connectivity index (χ4n) is 3.44. The number of nitrogens with one attached hydrogen (secondary N) is 1. The number of benzene rings is 3. The lowest BCUT2D eigenvalue weighted by Gasteiger charge is -2.06. The first-order chi connectivity index (χ1) is 16.5. The zero-order chi connectivity index (χ0) is 23.7. The van der Waals surface area contributed by atoms with Gasteiger partial charge in [-0.05, 0) is 67.6 Å². The van der Waals surface area contributed by atoms with Gasteiger partial charge in [-0.3, -0.25) is 10.1 Å². The van der Waals surface area contributed by atoms with Gasteiger partial charge in [0.05, 0.1) is 5.69 Å². The van der Waals surface area contributed by atoms with E-state index in [4.69, 9.17) is 9.15 Å². The third kappa shape index (κ3) is 4.64. The minimum atomic E-state index is -0.699. The average molecular weight is 533 g/mol. The van der Waals surface area contributed by atoms with Gasteiger partial charge in [0.1, 0.15) is 22.6 Å². The summed E-state index contributed by atoms with van der Waals surface area (Å²) < 4.78 is 12.0. The number of carbonyl (C=O) groups is 1. The van der Waals surface area contributed by atoms with Crippen molar-refractivity contribution in [2.45, 2.75) is 6.92 Å². The van der Waals surface area contributed by atoms with Gasteiger partial charge < -0.3 is 9.15 Å². The summed E-state index contributed by atoms with van der Waals surface area (Å²) in [5.74, 6) is 0.907. The Balaban J connectivity index is 1.35. The number of rotatable bonds is 5. The maximum atomic E-state index is 12.8. The second-order valence-electron chi connectivity index (χ2n) is 7.45. The molecular formula is C26H17BrN2O4S. The highest BCUT2D eigenvalue weighted by Gasteiger charge is 2.17. The van der Waals surface area contributed by atoms with E-state index in [1.54, 1.807) is 18.2 Å². The van der Waals surface area contributed by atoms with Gasteiger partial charge in [0, 0.05) is 20.3 Å². The predicted molar refractivity (Wildman–Crippen MR) is 137 cm³/mol. The molecule has 1 N–H and O–H groups in total. The van der Waals surface area contributed by atoms with Crippen LogP contribution in [0.15, 0.2) is 92.5 Å². The van der Waals surface area contributed by atoms with E-state index >= 15 is 0 Å². The molecule has 2 aromatic heterocycles. The fourth-order valence-corrected chi connectivity index (χ4v) is 4.65. The number of aryl methyl sites for hydroxylation is 1. The first kappa shape index (κ1) is 22.1. The number of hydrogen-bond donors (Lipinski definition) is 1. The highest BCUT2D eigenvalue weighted by atomic mass is 79.9. The fraction of sp³-hybridized carbons (Fsp3) is 0.0385. The minimum Gasteiger partial charge on any atom is -0.457 e. The second kappa shape index (κ2) is 9.24. The lowest BCUT2D eigenvalue weighted by atomic mass is 10.1. The average Bonchev–Trinajstić information content (AvgIpc) is 3.19.